The molecule has 5 aromatic rings. The minimum atomic E-state index is -1.06. The van der Waals surface area contributed by atoms with Crippen molar-refractivity contribution in [3.8, 4) is 11.3 Å². The molecule has 4 aromatic carbocycles. The molecule has 6 heteroatoms. The highest BCUT2D eigenvalue weighted by Gasteiger charge is 2.26. The zero-order valence-corrected chi connectivity index (χ0v) is 20.8. The molecule has 1 unspecified atom stereocenters. The molecule has 0 radical (unpaired) electrons. The van der Waals surface area contributed by atoms with Crippen LogP contribution in [0.15, 0.2) is 91.0 Å². The van der Waals surface area contributed by atoms with E-state index >= 15 is 0 Å². The summed E-state index contributed by atoms with van der Waals surface area (Å²) in [5.41, 5.74) is 6.22. The normalized spacial score (nSPS) is 13.0. The molecule has 3 N–H and O–H groups in total. The highest BCUT2D eigenvalue weighted by molar-refractivity contribution is 5.93. The molecule has 1 aliphatic rings. The van der Waals surface area contributed by atoms with Gasteiger partial charge in [-0.2, -0.15) is 0 Å². The standard InChI is InChI=1S/C32H27N3O3/c36-19-21-11-14-26-25(17-21)13-15-27-29(26)35-30(31(38)23-7-2-1-3-8-23)32(33-27)34-28(37)18-20-10-12-22-6-4-5-9-24(22)16-20/h1-12,14,16-17,31,36,38H,13,15,18-19H2,(H,33,34,37). The Bertz CT molecular complexity index is 1650. The molecule has 1 heterocycles. The number of aromatic nitrogens is 2. The Morgan fingerprint density at radius 2 is 1.61 bits per heavy atom. The van der Waals surface area contributed by atoms with Gasteiger partial charge < -0.3 is 15.5 Å². The Morgan fingerprint density at radius 1 is 0.842 bits per heavy atom. The van der Waals surface area contributed by atoms with Crippen molar-refractivity contribution in [3.63, 3.8) is 0 Å². The smallest absolute Gasteiger partial charge is 0.229 e. The zero-order valence-electron chi connectivity index (χ0n) is 20.8. The van der Waals surface area contributed by atoms with Gasteiger partial charge in [0.05, 0.1) is 24.4 Å². The maximum atomic E-state index is 13.2. The van der Waals surface area contributed by atoms with Gasteiger partial charge in [0.1, 0.15) is 11.8 Å². The third kappa shape index (κ3) is 4.67. The molecule has 0 bridgehead atoms. The maximum Gasteiger partial charge on any atom is 0.229 e. The lowest BCUT2D eigenvalue weighted by Crippen LogP contribution is -2.21. The molecule has 0 fully saturated rings. The zero-order chi connectivity index (χ0) is 26.1. The van der Waals surface area contributed by atoms with Gasteiger partial charge in [-0.3, -0.25) is 4.79 Å². The van der Waals surface area contributed by atoms with Gasteiger partial charge in [0.25, 0.3) is 0 Å². The predicted molar refractivity (Wildman–Crippen MR) is 148 cm³/mol. The number of aliphatic hydroxyl groups is 2. The number of aliphatic hydroxyl groups excluding tert-OH is 2. The van der Waals surface area contributed by atoms with Crippen LogP contribution < -0.4 is 5.32 Å². The molecule has 6 nitrogen and oxygen atoms in total. The third-order valence-corrected chi connectivity index (χ3v) is 7.04. The van der Waals surface area contributed by atoms with Gasteiger partial charge in [0, 0.05) is 5.56 Å². The third-order valence-electron chi connectivity index (χ3n) is 7.04. The van der Waals surface area contributed by atoms with Crippen molar-refractivity contribution in [1.82, 2.24) is 9.97 Å². The first-order valence-corrected chi connectivity index (χ1v) is 12.7. The first-order chi connectivity index (χ1) is 18.6. The highest BCUT2D eigenvalue weighted by Crippen LogP contribution is 2.36. The van der Waals surface area contributed by atoms with E-state index in [1.165, 1.54) is 0 Å². The molecule has 1 amide bonds. The summed E-state index contributed by atoms with van der Waals surface area (Å²) in [5, 5.41) is 26.0. The van der Waals surface area contributed by atoms with Gasteiger partial charge in [0.2, 0.25) is 5.91 Å². The molecule has 6 rings (SSSR count). The summed E-state index contributed by atoms with van der Waals surface area (Å²) in [6.07, 6.45) is 0.527. The largest absolute Gasteiger partial charge is 0.392 e. The maximum absolute atomic E-state index is 13.2. The van der Waals surface area contributed by atoms with Crippen LogP contribution in [-0.4, -0.2) is 26.1 Å². The van der Waals surface area contributed by atoms with E-state index in [-0.39, 0.29) is 24.8 Å². The van der Waals surface area contributed by atoms with Crippen LogP contribution in [0.2, 0.25) is 0 Å². The van der Waals surface area contributed by atoms with Gasteiger partial charge in [0.15, 0.2) is 5.82 Å². The van der Waals surface area contributed by atoms with Gasteiger partial charge in [-0.15, -0.1) is 0 Å². The van der Waals surface area contributed by atoms with Crippen LogP contribution in [0.1, 0.15) is 39.7 Å². The van der Waals surface area contributed by atoms with Crippen molar-refractivity contribution in [2.45, 2.75) is 32.0 Å². The number of rotatable bonds is 6. The van der Waals surface area contributed by atoms with Crippen LogP contribution in [0.5, 0.6) is 0 Å². The van der Waals surface area contributed by atoms with E-state index in [2.05, 4.69) is 5.32 Å². The molecule has 0 aliphatic heterocycles. The van der Waals surface area contributed by atoms with Crippen molar-refractivity contribution in [2.75, 3.05) is 5.32 Å². The summed E-state index contributed by atoms with van der Waals surface area (Å²) in [7, 11) is 0. The monoisotopic (exact) mass is 501 g/mol. The minimum Gasteiger partial charge on any atom is -0.392 e. The van der Waals surface area contributed by atoms with Crippen LogP contribution in [0.3, 0.4) is 0 Å². The first kappa shape index (κ1) is 24.0. The summed E-state index contributed by atoms with van der Waals surface area (Å²) in [4.78, 5) is 22.9. The van der Waals surface area contributed by atoms with Crippen LogP contribution in [0.25, 0.3) is 22.0 Å². The van der Waals surface area contributed by atoms with E-state index < -0.39 is 6.10 Å². The fourth-order valence-corrected chi connectivity index (χ4v) is 5.10. The Hall–Kier alpha value is -4.39. The Labute approximate surface area is 220 Å². The average Bonchev–Trinajstić information content (AvgIpc) is 2.96. The number of hydrogen-bond donors (Lipinski definition) is 3. The second-order valence-corrected chi connectivity index (χ2v) is 9.62. The number of nitrogens with one attached hydrogen (secondary N) is 1. The van der Waals surface area contributed by atoms with Crippen molar-refractivity contribution in [3.05, 3.63) is 125 Å². The molecule has 0 saturated carbocycles. The fraction of sp³-hybridized carbons (Fsp3) is 0.156. The lowest BCUT2D eigenvalue weighted by Gasteiger charge is -2.23. The molecule has 1 atom stereocenters. The molecule has 1 aliphatic carbocycles. The topological polar surface area (TPSA) is 95.3 Å². The second kappa shape index (κ2) is 10.2. The summed E-state index contributed by atoms with van der Waals surface area (Å²) in [6, 6.07) is 29.1. The van der Waals surface area contributed by atoms with E-state index in [1.807, 2.05) is 91.0 Å². The molecule has 38 heavy (non-hydrogen) atoms. The van der Waals surface area contributed by atoms with Crippen LogP contribution in [-0.2, 0) is 30.7 Å². The van der Waals surface area contributed by atoms with E-state index in [0.29, 0.717) is 23.4 Å². The van der Waals surface area contributed by atoms with Crippen LogP contribution in [0, 0.1) is 0 Å². The van der Waals surface area contributed by atoms with Crippen LogP contribution >= 0.6 is 0 Å². The van der Waals surface area contributed by atoms with Crippen molar-refractivity contribution >= 4 is 22.5 Å². The number of benzene rings is 4. The predicted octanol–water partition coefficient (Wildman–Crippen LogP) is 5.15. The van der Waals surface area contributed by atoms with E-state index in [4.69, 9.17) is 9.97 Å². The number of hydrogen-bond acceptors (Lipinski definition) is 5. The Balaban J connectivity index is 1.36. The summed E-state index contributed by atoms with van der Waals surface area (Å²) >= 11 is 0. The van der Waals surface area contributed by atoms with Gasteiger partial charge >= 0.3 is 0 Å². The van der Waals surface area contributed by atoms with E-state index in [1.54, 1.807) is 0 Å². The van der Waals surface area contributed by atoms with E-state index in [9.17, 15) is 15.0 Å². The summed E-state index contributed by atoms with van der Waals surface area (Å²) < 4.78 is 0. The SMILES string of the molecule is O=C(Cc1ccc2ccccc2c1)Nc1nc2c(nc1C(O)c1ccccc1)-c1ccc(CO)cc1CC2. The average molecular weight is 502 g/mol. The Morgan fingerprint density at radius 3 is 2.42 bits per heavy atom. The Kier molecular flexibility index (Phi) is 6.42. The molecule has 0 saturated heterocycles. The van der Waals surface area contributed by atoms with Gasteiger partial charge in [-0.05, 0) is 45.9 Å². The molecule has 0 spiro atoms. The lowest BCUT2D eigenvalue weighted by molar-refractivity contribution is -0.115. The highest BCUT2D eigenvalue weighted by atomic mass is 16.3. The quantitative estimate of drug-likeness (QED) is 0.299. The van der Waals surface area contributed by atoms with Gasteiger partial charge in [-0.1, -0.05) is 91.0 Å². The van der Waals surface area contributed by atoms with Crippen molar-refractivity contribution < 1.29 is 15.0 Å². The summed E-state index contributed by atoms with van der Waals surface area (Å²) in [5.74, 6) is 0.0566. The van der Waals surface area contributed by atoms with Crippen molar-refractivity contribution in [1.29, 1.82) is 0 Å². The number of fused-ring (bicyclic) bond motifs is 4. The fourth-order valence-electron chi connectivity index (χ4n) is 5.10. The number of carbonyl (C=O) groups excluding carboxylic acids is 1. The molecule has 188 valence electrons. The summed E-state index contributed by atoms with van der Waals surface area (Å²) in [6.45, 7) is -0.0219. The first-order valence-electron chi connectivity index (χ1n) is 12.7. The molecular weight excluding hydrogens is 474 g/mol. The lowest BCUT2D eigenvalue weighted by atomic mass is 9.90. The number of anilines is 1. The second-order valence-electron chi connectivity index (χ2n) is 9.62. The minimum absolute atomic E-state index is 0.0219. The number of nitrogens with zero attached hydrogens (tertiary/aromatic N) is 2. The number of carbonyl (C=O) groups is 1. The number of aryl methyl sites for hydroxylation is 2. The number of amides is 1. The van der Waals surface area contributed by atoms with Crippen molar-refractivity contribution in [2.24, 2.45) is 0 Å². The molecular formula is C32H27N3O3. The van der Waals surface area contributed by atoms with E-state index in [0.717, 1.165) is 45.1 Å². The van der Waals surface area contributed by atoms with Gasteiger partial charge in [-0.25, -0.2) is 9.97 Å². The molecule has 1 aromatic heterocycles. The van der Waals surface area contributed by atoms with Crippen LogP contribution in [0.4, 0.5) is 5.82 Å².